The first-order valence-corrected chi connectivity index (χ1v) is 9.99. The Morgan fingerprint density at radius 3 is 2.62 bits per heavy atom. The Morgan fingerprint density at radius 1 is 1.12 bits per heavy atom. The maximum absolute atomic E-state index is 5.26. The lowest BCUT2D eigenvalue weighted by Crippen LogP contribution is -2.13. The normalized spacial score (nSPS) is 12.1. The van der Waals surface area contributed by atoms with Crippen LogP contribution < -0.4 is 4.74 Å². The molecule has 0 fully saturated rings. The minimum atomic E-state index is 0.499. The summed E-state index contributed by atoms with van der Waals surface area (Å²) in [7, 11) is 1.71. The molecule has 2 aromatic carbocycles. The fraction of sp³-hybridized carbons (Fsp3) is 0.318. The van der Waals surface area contributed by atoms with Crippen molar-refractivity contribution in [2.45, 2.75) is 42.9 Å². The number of rotatable bonds is 9. The largest absolute Gasteiger partial charge is 0.497 e. The highest BCUT2D eigenvalue weighted by molar-refractivity contribution is 8.00. The molecule has 0 amide bonds. The van der Waals surface area contributed by atoms with Crippen LogP contribution in [0.2, 0.25) is 0 Å². The summed E-state index contributed by atoms with van der Waals surface area (Å²) in [5.41, 5.74) is 2.78. The van der Waals surface area contributed by atoms with Crippen molar-refractivity contribution in [2.75, 3.05) is 7.11 Å². The fourth-order valence-corrected chi connectivity index (χ4v) is 4.39. The van der Waals surface area contributed by atoms with E-state index in [2.05, 4.69) is 52.9 Å². The van der Waals surface area contributed by atoms with Crippen molar-refractivity contribution in [1.82, 2.24) is 9.55 Å². The van der Waals surface area contributed by atoms with E-state index < -0.39 is 0 Å². The maximum Gasteiger partial charge on any atom is 0.118 e. The van der Waals surface area contributed by atoms with Gasteiger partial charge in [-0.15, -0.1) is 11.8 Å². The quantitative estimate of drug-likeness (QED) is 0.484. The van der Waals surface area contributed by atoms with Gasteiger partial charge < -0.3 is 9.30 Å². The number of methoxy groups -OCH3 is 1. The van der Waals surface area contributed by atoms with Gasteiger partial charge in [0.15, 0.2) is 0 Å². The number of hydrogen-bond acceptors (Lipinski definition) is 3. The second kappa shape index (κ2) is 9.48. The maximum atomic E-state index is 5.26. The Bertz CT molecular complexity index is 784. The average molecular weight is 367 g/mol. The Morgan fingerprint density at radius 2 is 1.92 bits per heavy atom. The molecule has 0 aliphatic rings. The highest BCUT2D eigenvalue weighted by atomic mass is 32.2. The van der Waals surface area contributed by atoms with Crippen LogP contribution >= 0.6 is 11.8 Å². The van der Waals surface area contributed by atoms with Gasteiger partial charge in [-0.3, -0.25) is 0 Å². The number of benzene rings is 2. The number of nitrogens with zero attached hydrogens (tertiary/aromatic N) is 2. The molecule has 0 spiro atoms. The van der Waals surface area contributed by atoms with Crippen LogP contribution in [0.5, 0.6) is 5.75 Å². The molecule has 3 rings (SSSR count). The van der Waals surface area contributed by atoms with Crippen molar-refractivity contribution >= 4 is 11.8 Å². The third kappa shape index (κ3) is 5.15. The summed E-state index contributed by atoms with van der Waals surface area (Å²) in [6.07, 6.45) is 9.06. The molecule has 0 radical (unpaired) electrons. The minimum absolute atomic E-state index is 0.499. The Balaban J connectivity index is 1.70. The van der Waals surface area contributed by atoms with Gasteiger partial charge >= 0.3 is 0 Å². The predicted molar refractivity (Wildman–Crippen MR) is 109 cm³/mol. The fourth-order valence-electron chi connectivity index (χ4n) is 3.03. The average Bonchev–Trinajstić information content (AvgIpc) is 3.20. The summed E-state index contributed by atoms with van der Waals surface area (Å²) < 4.78 is 7.44. The lowest BCUT2D eigenvalue weighted by molar-refractivity contribution is 0.414. The Hall–Kier alpha value is -2.20. The molecule has 0 aliphatic heterocycles. The van der Waals surface area contributed by atoms with Crippen LogP contribution in [0.4, 0.5) is 0 Å². The summed E-state index contributed by atoms with van der Waals surface area (Å²) in [4.78, 5) is 5.59. The highest BCUT2D eigenvalue weighted by Crippen LogP contribution is 2.31. The standard InChI is InChI=1S/C22H26N2OS/c1-3-19-6-4-5-7-22(19)26-21(16-24-15-14-23-17-24)13-10-18-8-11-20(25-2)12-9-18/h4-9,11-12,14-15,17,21H,3,10,13,16H2,1-2H3. The summed E-state index contributed by atoms with van der Waals surface area (Å²) in [6.45, 7) is 3.19. The zero-order chi connectivity index (χ0) is 18.2. The number of aromatic nitrogens is 2. The van der Waals surface area contributed by atoms with E-state index >= 15 is 0 Å². The number of ether oxygens (including phenoxy) is 1. The van der Waals surface area contributed by atoms with E-state index in [1.165, 1.54) is 16.0 Å². The highest BCUT2D eigenvalue weighted by Gasteiger charge is 2.14. The lowest BCUT2D eigenvalue weighted by atomic mass is 10.1. The molecule has 4 heteroatoms. The number of imidazole rings is 1. The minimum Gasteiger partial charge on any atom is -0.497 e. The topological polar surface area (TPSA) is 27.1 Å². The van der Waals surface area contributed by atoms with Crippen LogP contribution in [0, 0.1) is 0 Å². The van der Waals surface area contributed by atoms with Gasteiger partial charge in [0.1, 0.15) is 5.75 Å². The third-order valence-corrected chi connectivity index (χ3v) is 5.91. The Kier molecular flexibility index (Phi) is 6.78. The van der Waals surface area contributed by atoms with Gasteiger partial charge in [-0.25, -0.2) is 4.98 Å². The van der Waals surface area contributed by atoms with Crippen LogP contribution in [0.3, 0.4) is 0 Å². The van der Waals surface area contributed by atoms with Crippen LogP contribution in [-0.4, -0.2) is 21.9 Å². The van der Waals surface area contributed by atoms with Crippen LogP contribution in [-0.2, 0) is 19.4 Å². The molecule has 1 aromatic heterocycles. The van der Waals surface area contributed by atoms with Gasteiger partial charge in [-0.2, -0.15) is 0 Å². The molecule has 0 saturated heterocycles. The van der Waals surface area contributed by atoms with Crippen LogP contribution in [0.15, 0.2) is 72.1 Å². The Labute approximate surface area is 160 Å². The zero-order valence-corrected chi connectivity index (χ0v) is 16.3. The summed E-state index contributed by atoms with van der Waals surface area (Å²) in [5.74, 6) is 0.912. The van der Waals surface area contributed by atoms with E-state index in [0.29, 0.717) is 5.25 Å². The molecule has 1 unspecified atom stereocenters. The third-order valence-electron chi connectivity index (χ3n) is 4.53. The summed E-state index contributed by atoms with van der Waals surface area (Å²) in [5, 5.41) is 0.499. The van der Waals surface area contributed by atoms with Crippen LogP contribution in [0.1, 0.15) is 24.5 Å². The van der Waals surface area contributed by atoms with E-state index in [1.54, 1.807) is 7.11 Å². The monoisotopic (exact) mass is 366 g/mol. The molecule has 1 heterocycles. The van der Waals surface area contributed by atoms with Gasteiger partial charge in [0.05, 0.1) is 13.4 Å². The molecular formula is C22H26N2OS. The van der Waals surface area contributed by atoms with Gasteiger partial charge in [0.25, 0.3) is 0 Å². The molecular weight excluding hydrogens is 340 g/mol. The van der Waals surface area contributed by atoms with Gasteiger partial charge in [0.2, 0.25) is 0 Å². The molecule has 26 heavy (non-hydrogen) atoms. The second-order valence-electron chi connectivity index (χ2n) is 6.35. The van der Waals surface area contributed by atoms with Crippen molar-refractivity contribution in [3.63, 3.8) is 0 Å². The number of thioether (sulfide) groups is 1. The molecule has 0 aliphatic carbocycles. The van der Waals surface area contributed by atoms with Crippen molar-refractivity contribution < 1.29 is 4.74 Å². The number of hydrogen-bond donors (Lipinski definition) is 0. The summed E-state index contributed by atoms with van der Waals surface area (Å²) in [6, 6.07) is 17.2. The van der Waals surface area contributed by atoms with Gasteiger partial charge in [-0.1, -0.05) is 37.3 Å². The zero-order valence-electron chi connectivity index (χ0n) is 15.5. The SMILES string of the molecule is CCc1ccccc1SC(CCc1ccc(OC)cc1)Cn1ccnc1. The smallest absolute Gasteiger partial charge is 0.118 e. The van der Waals surface area contributed by atoms with E-state index in [1.807, 2.05) is 42.6 Å². The second-order valence-corrected chi connectivity index (χ2v) is 7.69. The van der Waals surface area contributed by atoms with Crippen molar-refractivity contribution in [3.8, 4) is 5.75 Å². The van der Waals surface area contributed by atoms with E-state index in [-0.39, 0.29) is 0 Å². The van der Waals surface area contributed by atoms with Crippen molar-refractivity contribution in [1.29, 1.82) is 0 Å². The van der Waals surface area contributed by atoms with E-state index in [4.69, 9.17) is 4.74 Å². The first-order valence-electron chi connectivity index (χ1n) is 9.11. The molecule has 0 bridgehead atoms. The van der Waals surface area contributed by atoms with Gasteiger partial charge in [0, 0.05) is 29.1 Å². The van der Waals surface area contributed by atoms with E-state index in [9.17, 15) is 0 Å². The van der Waals surface area contributed by atoms with Gasteiger partial charge in [-0.05, 0) is 48.6 Å². The predicted octanol–water partition coefficient (Wildman–Crippen LogP) is 5.25. The molecule has 136 valence electrons. The van der Waals surface area contributed by atoms with Crippen LogP contribution in [0.25, 0.3) is 0 Å². The molecule has 0 N–H and O–H groups in total. The van der Waals surface area contributed by atoms with Crippen molar-refractivity contribution in [2.24, 2.45) is 0 Å². The van der Waals surface area contributed by atoms with E-state index in [0.717, 1.165) is 31.6 Å². The lowest BCUT2D eigenvalue weighted by Gasteiger charge is -2.19. The first kappa shape index (κ1) is 18.6. The number of aryl methyl sites for hydroxylation is 2. The van der Waals surface area contributed by atoms with Crippen molar-refractivity contribution in [3.05, 3.63) is 78.4 Å². The first-order chi connectivity index (χ1) is 12.8. The molecule has 3 aromatic rings. The molecule has 0 saturated carbocycles. The molecule has 1 atom stereocenters. The molecule has 3 nitrogen and oxygen atoms in total. The summed E-state index contributed by atoms with van der Waals surface area (Å²) >= 11 is 1.99.